The minimum Gasteiger partial charge on any atom is -0.497 e. The van der Waals surface area contributed by atoms with Crippen molar-refractivity contribution in [2.45, 2.75) is 35.6 Å². The molecule has 2 aromatic carbocycles. The van der Waals surface area contributed by atoms with Crippen LogP contribution in [0.15, 0.2) is 67.3 Å². The zero-order valence-electron chi connectivity index (χ0n) is 16.7. The van der Waals surface area contributed by atoms with Crippen molar-refractivity contribution in [1.29, 1.82) is 0 Å². The third-order valence-corrected chi connectivity index (χ3v) is 7.36. The number of hydrogen-bond donors (Lipinski definition) is 0. The molecule has 0 bridgehead atoms. The first-order valence-electron chi connectivity index (χ1n) is 9.90. The van der Waals surface area contributed by atoms with E-state index in [9.17, 15) is 8.42 Å². The number of anilines is 1. The predicted octanol–water partition coefficient (Wildman–Crippen LogP) is 5.33. The minimum absolute atomic E-state index is 0.0375. The van der Waals surface area contributed by atoms with Gasteiger partial charge < -0.3 is 14.1 Å². The SMILES string of the molecule is COc1cccc(-c2nc(S(=O)(=O)c3ccc(Br)cc3)c(N3CCCCCC3)o2)c1. The average Bonchev–Trinajstić information content (AvgIpc) is 3.04. The summed E-state index contributed by atoms with van der Waals surface area (Å²) in [4.78, 5) is 6.67. The van der Waals surface area contributed by atoms with Crippen LogP contribution < -0.4 is 9.64 Å². The standard InChI is InChI=1S/C22H23BrN2O4S/c1-28-18-8-6-7-16(15-18)20-24-21(22(29-20)25-13-4-2-3-5-14-25)30(26,27)19-11-9-17(23)10-12-19/h6-12,15H,2-5,13-14H2,1H3. The van der Waals surface area contributed by atoms with Crippen molar-refractivity contribution >= 4 is 31.7 Å². The molecular formula is C22H23BrN2O4S. The summed E-state index contributed by atoms with van der Waals surface area (Å²) in [7, 11) is -2.27. The molecule has 0 aliphatic carbocycles. The van der Waals surface area contributed by atoms with Crippen molar-refractivity contribution in [2.24, 2.45) is 0 Å². The van der Waals surface area contributed by atoms with Crippen LogP contribution in [0.3, 0.4) is 0 Å². The summed E-state index contributed by atoms with van der Waals surface area (Å²) in [6.45, 7) is 1.49. The number of nitrogens with zero attached hydrogens (tertiary/aromatic N) is 2. The lowest BCUT2D eigenvalue weighted by atomic mass is 10.2. The van der Waals surface area contributed by atoms with Gasteiger partial charge in [0, 0.05) is 23.1 Å². The van der Waals surface area contributed by atoms with E-state index in [0.717, 1.165) is 43.2 Å². The predicted molar refractivity (Wildman–Crippen MR) is 119 cm³/mol. The van der Waals surface area contributed by atoms with Crippen LogP contribution >= 0.6 is 15.9 Å². The molecule has 0 N–H and O–H groups in total. The first-order chi connectivity index (χ1) is 14.5. The number of sulfone groups is 1. The summed E-state index contributed by atoms with van der Waals surface area (Å²) in [6, 6.07) is 13.8. The van der Waals surface area contributed by atoms with Gasteiger partial charge in [0.1, 0.15) is 5.75 Å². The molecule has 0 spiro atoms. The van der Waals surface area contributed by atoms with Crippen LogP contribution in [0, 0.1) is 0 Å². The molecule has 4 rings (SSSR count). The first-order valence-corrected chi connectivity index (χ1v) is 12.2. The molecule has 0 amide bonds. The molecule has 158 valence electrons. The first kappa shape index (κ1) is 20.9. The molecule has 0 unspecified atom stereocenters. The van der Waals surface area contributed by atoms with Crippen LogP contribution in [0.1, 0.15) is 25.7 Å². The Kier molecular flexibility index (Phi) is 6.15. The Bertz CT molecular complexity index is 1120. The molecule has 1 fully saturated rings. The summed E-state index contributed by atoms with van der Waals surface area (Å²) < 4.78 is 39.1. The van der Waals surface area contributed by atoms with E-state index in [1.165, 1.54) is 0 Å². The lowest BCUT2D eigenvalue weighted by Crippen LogP contribution is -2.25. The van der Waals surface area contributed by atoms with E-state index in [0.29, 0.717) is 17.2 Å². The highest BCUT2D eigenvalue weighted by Crippen LogP contribution is 2.36. The summed E-state index contributed by atoms with van der Waals surface area (Å²) >= 11 is 3.35. The Hall–Kier alpha value is -2.32. The molecule has 0 radical (unpaired) electrons. The Labute approximate surface area is 184 Å². The van der Waals surface area contributed by atoms with Gasteiger partial charge in [-0.05, 0) is 55.3 Å². The summed E-state index contributed by atoms with van der Waals surface area (Å²) in [5, 5.41) is -0.0375. The fourth-order valence-corrected chi connectivity index (χ4v) is 5.14. The molecule has 0 atom stereocenters. The normalized spacial score (nSPS) is 15.1. The van der Waals surface area contributed by atoms with Crippen molar-refractivity contribution < 1.29 is 17.6 Å². The molecule has 1 aliphatic rings. The van der Waals surface area contributed by atoms with Crippen LogP contribution in [-0.4, -0.2) is 33.6 Å². The third kappa shape index (κ3) is 4.25. The highest BCUT2D eigenvalue weighted by Gasteiger charge is 2.31. The monoisotopic (exact) mass is 490 g/mol. The highest BCUT2D eigenvalue weighted by molar-refractivity contribution is 9.10. The molecule has 0 saturated carbocycles. The maximum atomic E-state index is 13.5. The molecule has 30 heavy (non-hydrogen) atoms. The third-order valence-electron chi connectivity index (χ3n) is 5.17. The molecule has 8 heteroatoms. The molecule has 1 aliphatic heterocycles. The fraction of sp³-hybridized carbons (Fsp3) is 0.318. The van der Waals surface area contributed by atoms with Crippen molar-refractivity contribution in [3.8, 4) is 17.2 Å². The number of oxazole rings is 1. The Morgan fingerprint density at radius 1 is 1.03 bits per heavy atom. The van der Waals surface area contributed by atoms with Crippen LogP contribution in [0.25, 0.3) is 11.5 Å². The van der Waals surface area contributed by atoms with Crippen molar-refractivity contribution in [1.82, 2.24) is 4.98 Å². The molecule has 6 nitrogen and oxygen atoms in total. The van der Waals surface area contributed by atoms with E-state index in [-0.39, 0.29) is 15.8 Å². The quantitative estimate of drug-likeness (QED) is 0.481. The van der Waals surface area contributed by atoms with Gasteiger partial charge in [-0.25, -0.2) is 8.42 Å². The molecular weight excluding hydrogens is 468 g/mol. The van der Waals surface area contributed by atoms with Gasteiger partial charge >= 0.3 is 0 Å². The smallest absolute Gasteiger partial charge is 0.236 e. The van der Waals surface area contributed by atoms with Gasteiger partial charge in [-0.3, -0.25) is 0 Å². The van der Waals surface area contributed by atoms with Crippen LogP contribution in [0.4, 0.5) is 5.88 Å². The van der Waals surface area contributed by atoms with E-state index in [1.807, 2.05) is 23.1 Å². The van der Waals surface area contributed by atoms with Crippen LogP contribution in [0.2, 0.25) is 0 Å². The largest absolute Gasteiger partial charge is 0.497 e. The van der Waals surface area contributed by atoms with E-state index in [1.54, 1.807) is 37.4 Å². The van der Waals surface area contributed by atoms with Crippen molar-refractivity contribution in [3.63, 3.8) is 0 Å². The van der Waals surface area contributed by atoms with Gasteiger partial charge in [0.15, 0.2) is 0 Å². The topological polar surface area (TPSA) is 72.6 Å². The zero-order chi connectivity index (χ0) is 21.1. The number of methoxy groups -OCH3 is 1. The molecule has 1 saturated heterocycles. The number of ether oxygens (including phenoxy) is 1. The van der Waals surface area contributed by atoms with Gasteiger partial charge in [-0.2, -0.15) is 4.98 Å². The molecule has 1 aromatic heterocycles. The second kappa shape index (κ2) is 8.81. The average molecular weight is 491 g/mol. The second-order valence-corrected chi connectivity index (χ2v) is 10.0. The summed E-state index contributed by atoms with van der Waals surface area (Å²) in [5.74, 6) is 1.24. The number of halogens is 1. The van der Waals surface area contributed by atoms with Gasteiger partial charge in [0.2, 0.25) is 26.6 Å². The van der Waals surface area contributed by atoms with Gasteiger partial charge in [-0.15, -0.1) is 0 Å². The van der Waals surface area contributed by atoms with E-state index in [2.05, 4.69) is 20.9 Å². The molecule has 2 heterocycles. The van der Waals surface area contributed by atoms with Crippen LogP contribution in [-0.2, 0) is 9.84 Å². The van der Waals surface area contributed by atoms with Gasteiger partial charge in [0.25, 0.3) is 0 Å². The second-order valence-electron chi connectivity index (χ2n) is 7.22. The van der Waals surface area contributed by atoms with Crippen LogP contribution in [0.5, 0.6) is 5.75 Å². The minimum atomic E-state index is -3.85. The number of benzene rings is 2. The Balaban J connectivity index is 1.84. The van der Waals surface area contributed by atoms with Gasteiger partial charge in [0.05, 0.1) is 12.0 Å². The highest BCUT2D eigenvalue weighted by atomic mass is 79.9. The van der Waals surface area contributed by atoms with E-state index >= 15 is 0 Å². The Morgan fingerprint density at radius 3 is 2.40 bits per heavy atom. The maximum Gasteiger partial charge on any atom is 0.236 e. The molecule has 3 aromatic rings. The van der Waals surface area contributed by atoms with Gasteiger partial charge in [-0.1, -0.05) is 34.8 Å². The van der Waals surface area contributed by atoms with Crippen molar-refractivity contribution in [3.05, 3.63) is 53.0 Å². The number of hydrogen-bond acceptors (Lipinski definition) is 6. The lowest BCUT2D eigenvalue weighted by Gasteiger charge is -2.20. The lowest BCUT2D eigenvalue weighted by molar-refractivity contribution is 0.414. The van der Waals surface area contributed by atoms with E-state index in [4.69, 9.17) is 9.15 Å². The summed E-state index contributed by atoms with van der Waals surface area (Å²) in [5.41, 5.74) is 0.669. The zero-order valence-corrected chi connectivity index (χ0v) is 19.1. The Morgan fingerprint density at radius 2 is 1.73 bits per heavy atom. The maximum absolute atomic E-state index is 13.5. The number of rotatable bonds is 5. The number of aromatic nitrogens is 1. The van der Waals surface area contributed by atoms with Crippen molar-refractivity contribution in [2.75, 3.05) is 25.1 Å². The fourth-order valence-electron chi connectivity index (χ4n) is 3.55. The summed E-state index contributed by atoms with van der Waals surface area (Å²) in [6.07, 6.45) is 4.24. The van der Waals surface area contributed by atoms with E-state index < -0.39 is 9.84 Å².